The molecule has 5 heteroatoms. The van der Waals surface area contributed by atoms with Gasteiger partial charge in [0.2, 0.25) is 0 Å². The number of esters is 1. The van der Waals surface area contributed by atoms with Gasteiger partial charge in [-0.15, -0.1) is 0 Å². The molecule has 1 heterocycles. The van der Waals surface area contributed by atoms with Crippen molar-refractivity contribution in [2.75, 3.05) is 11.9 Å². The van der Waals surface area contributed by atoms with Crippen molar-refractivity contribution in [2.24, 2.45) is 5.41 Å². The summed E-state index contributed by atoms with van der Waals surface area (Å²) in [6, 6.07) is 3.50. The summed E-state index contributed by atoms with van der Waals surface area (Å²) in [4.78, 5) is 16.0. The smallest absolute Gasteiger partial charge is 0.341 e. The number of carbonyl (C=O) groups is 1. The highest BCUT2D eigenvalue weighted by Crippen LogP contribution is 2.42. The molecule has 0 aromatic carbocycles. The number of aromatic nitrogens is 1. The zero-order valence-corrected chi connectivity index (χ0v) is 11.5. The van der Waals surface area contributed by atoms with E-state index < -0.39 is 0 Å². The van der Waals surface area contributed by atoms with Gasteiger partial charge in [-0.3, -0.25) is 0 Å². The molecule has 0 bridgehead atoms. The fraction of sp³-hybridized carbons (Fsp3) is 0.571. The minimum Gasteiger partial charge on any atom is -0.462 e. The first kappa shape index (κ1) is 13.8. The topological polar surface area (TPSA) is 71.5 Å². The third-order valence-electron chi connectivity index (χ3n) is 3.83. The molecule has 1 aliphatic rings. The van der Waals surface area contributed by atoms with Crippen LogP contribution >= 0.6 is 0 Å². The Morgan fingerprint density at radius 1 is 1.63 bits per heavy atom. The Kier molecular flexibility index (Phi) is 3.75. The molecule has 1 aromatic heterocycles. The number of pyridine rings is 1. The first-order chi connectivity index (χ1) is 8.96. The molecule has 104 valence electrons. The Labute approximate surface area is 113 Å². The van der Waals surface area contributed by atoms with Gasteiger partial charge < -0.3 is 15.2 Å². The van der Waals surface area contributed by atoms with Gasteiger partial charge in [-0.2, -0.15) is 0 Å². The molecule has 0 aliphatic heterocycles. The second kappa shape index (κ2) is 5.17. The Morgan fingerprint density at radius 2 is 2.37 bits per heavy atom. The fourth-order valence-electron chi connectivity index (χ4n) is 2.21. The van der Waals surface area contributed by atoms with Crippen molar-refractivity contribution in [3.05, 3.63) is 23.9 Å². The maximum atomic E-state index is 11.8. The summed E-state index contributed by atoms with van der Waals surface area (Å²) in [5.74, 6) is 0.140. The number of carbonyl (C=O) groups excluding carboxylic acids is 1. The molecule has 0 amide bonds. The third-order valence-corrected chi connectivity index (χ3v) is 3.83. The lowest BCUT2D eigenvalue weighted by molar-refractivity contribution is -0.0511. The molecule has 2 atom stereocenters. The van der Waals surface area contributed by atoms with Crippen LogP contribution in [0.4, 0.5) is 5.82 Å². The maximum absolute atomic E-state index is 11.8. The summed E-state index contributed by atoms with van der Waals surface area (Å²) in [5.41, 5.74) is 0.213. The average molecular weight is 264 g/mol. The predicted molar refractivity (Wildman–Crippen MR) is 72.0 cm³/mol. The van der Waals surface area contributed by atoms with Crippen molar-refractivity contribution in [3.63, 3.8) is 0 Å². The third kappa shape index (κ3) is 2.56. The molecule has 19 heavy (non-hydrogen) atoms. The van der Waals surface area contributed by atoms with Crippen LogP contribution in [0.15, 0.2) is 18.3 Å². The van der Waals surface area contributed by atoms with Gasteiger partial charge in [0.1, 0.15) is 11.4 Å². The quantitative estimate of drug-likeness (QED) is 0.812. The largest absolute Gasteiger partial charge is 0.462 e. The maximum Gasteiger partial charge on any atom is 0.341 e. The molecule has 1 aromatic rings. The van der Waals surface area contributed by atoms with E-state index in [1.165, 1.54) is 0 Å². The molecule has 1 aliphatic carbocycles. The second-order valence-corrected chi connectivity index (χ2v) is 5.39. The van der Waals surface area contributed by atoms with Gasteiger partial charge in [-0.05, 0) is 25.5 Å². The highest BCUT2D eigenvalue weighted by Gasteiger charge is 2.47. The summed E-state index contributed by atoms with van der Waals surface area (Å²) in [6.45, 7) is 6.09. The molecule has 5 nitrogen and oxygen atoms in total. The summed E-state index contributed by atoms with van der Waals surface area (Å²) in [5, 5.41) is 13.0. The number of anilines is 1. The van der Waals surface area contributed by atoms with Crippen LogP contribution in [-0.2, 0) is 4.74 Å². The van der Waals surface area contributed by atoms with E-state index in [4.69, 9.17) is 4.74 Å². The first-order valence-electron chi connectivity index (χ1n) is 6.53. The Bertz CT molecular complexity index is 474. The van der Waals surface area contributed by atoms with Gasteiger partial charge in [0.15, 0.2) is 0 Å². The van der Waals surface area contributed by atoms with Crippen LogP contribution in [0.25, 0.3) is 0 Å². The van der Waals surface area contributed by atoms with E-state index in [9.17, 15) is 9.90 Å². The first-order valence-corrected chi connectivity index (χ1v) is 6.53. The number of hydrogen-bond donors (Lipinski definition) is 2. The molecular formula is C14H20N2O3. The van der Waals surface area contributed by atoms with Crippen LogP contribution < -0.4 is 5.32 Å². The van der Waals surface area contributed by atoms with Crippen LogP contribution in [0.2, 0.25) is 0 Å². The lowest BCUT2D eigenvalue weighted by atomic mass is 9.64. The SMILES string of the molecule is CCOC(=O)c1cccnc1NC1CC(O)C1(C)C. The summed E-state index contributed by atoms with van der Waals surface area (Å²) < 4.78 is 5.01. The normalized spacial score (nSPS) is 24.4. The van der Waals surface area contributed by atoms with E-state index >= 15 is 0 Å². The van der Waals surface area contributed by atoms with Crippen LogP contribution in [0.5, 0.6) is 0 Å². The highest BCUT2D eigenvalue weighted by molar-refractivity contribution is 5.94. The predicted octanol–water partition coefficient (Wildman–Crippen LogP) is 1.83. The van der Waals surface area contributed by atoms with Crippen LogP contribution in [-0.4, -0.2) is 34.8 Å². The Balaban J connectivity index is 2.15. The molecule has 1 saturated carbocycles. The van der Waals surface area contributed by atoms with Crippen molar-refractivity contribution in [2.45, 2.75) is 39.3 Å². The zero-order valence-electron chi connectivity index (χ0n) is 11.5. The molecule has 2 N–H and O–H groups in total. The van der Waals surface area contributed by atoms with Gasteiger partial charge in [0.25, 0.3) is 0 Å². The number of aliphatic hydroxyl groups excluding tert-OH is 1. The van der Waals surface area contributed by atoms with Gasteiger partial charge >= 0.3 is 5.97 Å². The van der Waals surface area contributed by atoms with Gasteiger partial charge in [-0.25, -0.2) is 9.78 Å². The minimum absolute atomic E-state index is 0.102. The number of hydrogen-bond acceptors (Lipinski definition) is 5. The monoisotopic (exact) mass is 264 g/mol. The molecular weight excluding hydrogens is 244 g/mol. The van der Waals surface area contributed by atoms with E-state index in [1.54, 1.807) is 25.3 Å². The summed E-state index contributed by atoms with van der Waals surface area (Å²) >= 11 is 0. The Hall–Kier alpha value is -1.62. The Morgan fingerprint density at radius 3 is 2.95 bits per heavy atom. The average Bonchev–Trinajstić information content (AvgIpc) is 2.39. The van der Waals surface area contributed by atoms with Crippen molar-refractivity contribution in [1.82, 2.24) is 4.98 Å². The molecule has 0 spiro atoms. The van der Waals surface area contributed by atoms with E-state index in [1.807, 2.05) is 13.8 Å². The lowest BCUT2D eigenvalue weighted by Gasteiger charge is -2.49. The van der Waals surface area contributed by atoms with E-state index in [-0.39, 0.29) is 23.5 Å². The summed E-state index contributed by atoms with van der Waals surface area (Å²) in [6.07, 6.45) is 1.97. The molecule has 1 fully saturated rings. The molecule has 2 rings (SSSR count). The molecule has 0 radical (unpaired) electrons. The number of nitrogens with zero attached hydrogens (tertiary/aromatic N) is 1. The number of aliphatic hydroxyl groups is 1. The van der Waals surface area contributed by atoms with E-state index in [0.29, 0.717) is 24.4 Å². The van der Waals surface area contributed by atoms with Gasteiger partial charge in [0.05, 0.1) is 12.7 Å². The standard InChI is InChI=1S/C14H20N2O3/c1-4-19-13(18)9-6-5-7-15-12(9)16-10-8-11(17)14(10,2)3/h5-7,10-11,17H,4,8H2,1-3H3,(H,15,16). The number of nitrogens with one attached hydrogen (secondary N) is 1. The fourth-order valence-corrected chi connectivity index (χ4v) is 2.21. The van der Waals surface area contributed by atoms with E-state index in [0.717, 1.165) is 0 Å². The second-order valence-electron chi connectivity index (χ2n) is 5.39. The number of ether oxygens (including phenoxy) is 1. The van der Waals surface area contributed by atoms with Crippen molar-refractivity contribution in [1.29, 1.82) is 0 Å². The van der Waals surface area contributed by atoms with Crippen LogP contribution in [0.3, 0.4) is 0 Å². The lowest BCUT2D eigenvalue weighted by Crippen LogP contribution is -2.57. The van der Waals surface area contributed by atoms with E-state index in [2.05, 4.69) is 10.3 Å². The minimum atomic E-state index is -0.379. The van der Waals surface area contributed by atoms with Gasteiger partial charge in [0, 0.05) is 17.7 Å². The van der Waals surface area contributed by atoms with Crippen molar-refractivity contribution >= 4 is 11.8 Å². The summed E-state index contributed by atoms with van der Waals surface area (Å²) in [7, 11) is 0. The van der Waals surface area contributed by atoms with Crippen LogP contribution in [0.1, 0.15) is 37.6 Å². The van der Waals surface area contributed by atoms with Crippen molar-refractivity contribution in [3.8, 4) is 0 Å². The van der Waals surface area contributed by atoms with Crippen LogP contribution in [0, 0.1) is 5.41 Å². The number of rotatable bonds is 4. The zero-order chi connectivity index (χ0) is 14.0. The molecule has 0 saturated heterocycles. The van der Waals surface area contributed by atoms with Gasteiger partial charge in [-0.1, -0.05) is 13.8 Å². The molecule has 2 unspecified atom stereocenters. The van der Waals surface area contributed by atoms with Crippen molar-refractivity contribution < 1.29 is 14.6 Å². The highest BCUT2D eigenvalue weighted by atomic mass is 16.5.